The largest absolute Gasteiger partial charge is 0.480 e. The van der Waals surface area contributed by atoms with Gasteiger partial charge in [0.1, 0.15) is 11.4 Å². The summed E-state index contributed by atoms with van der Waals surface area (Å²) in [6.45, 7) is 2.62. The maximum absolute atomic E-state index is 14.0. The van der Waals surface area contributed by atoms with Crippen LogP contribution in [0.25, 0.3) is 0 Å². The number of anilines is 1. The zero-order valence-corrected chi connectivity index (χ0v) is 11.6. The molecule has 0 unspecified atom stereocenters. The van der Waals surface area contributed by atoms with Crippen molar-refractivity contribution in [2.24, 2.45) is 0 Å². The monoisotopic (exact) mass is 294 g/mol. The first-order valence-corrected chi connectivity index (χ1v) is 6.39. The summed E-state index contributed by atoms with van der Waals surface area (Å²) < 4.78 is 14.0. The fourth-order valence-electron chi connectivity index (χ4n) is 1.98. The number of hydrogen-bond donors (Lipinski definition) is 3. The highest BCUT2D eigenvalue weighted by Crippen LogP contribution is 2.26. The Morgan fingerprint density at radius 3 is 2.62 bits per heavy atom. The number of carbonyl (C=O) groups excluding carboxylic acids is 2. The summed E-state index contributed by atoms with van der Waals surface area (Å²) in [7, 11) is 0. The van der Waals surface area contributed by atoms with Crippen molar-refractivity contribution in [3.8, 4) is 0 Å². The average molecular weight is 294 g/mol. The Balaban J connectivity index is 2.31. The standard InChI is InChI=1S/C14H15FN2O4/c1-14(2,13(20)21)17-12(19)8-5-7-3-4-11(18)16-10(7)6-9(8)15/h5-6H,3-4H2,1-2H3,(H,16,18)(H,17,19)(H,20,21). The van der Waals surface area contributed by atoms with Crippen LogP contribution < -0.4 is 10.6 Å². The van der Waals surface area contributed by atoms with Crippen molar-refractivity contribution in [3.05, 3.63) is 29.1 Å². The lowest BCUT2D eigenvalue weighted by Crippen LogP contribution is -2.49. The summed E-state index contributed by atoms with van der Waals surface area (Å²) in [4.78, 5) is 34.3. The third kappa shape index (κ3) is 3.01. The molecule has 112 valence electrons. The topological polar surface area (TPSA) is 95.5 Å². The van der Waals surface area contributed by atoms with E-state index in [1.54, 1.807) is 0 Å². The van der Waals surface area contributed by atoms with Gasteiger partial charge in [-0.15, -0.1) is 0 Å². The molecule has 1 aliphatic heterocycles. The summed E-state index contributed by atoms with van der Waals surface area (Å²) in [6, 6.07) is 2.42. The summed E-state index contributed by atoms with van der Waals surface area (Å²) >= 11 is 0. The molecular weight excluding hydrogens is 279 g/mol. The number of hydrogen-bond acceptors (Lipinski definition) is 3. The van der Waals surface area contributed by atoms with E-state index in [-0.39, 0.29) is 17.9 Å². The van der Waals surface area contributed by atoms with Crippen LogP contribution in [0.3, 0.4) is 0 Å². The predicted molar refractivity (Wildman–Crippen MR) is 72.5 cm³/mol. The fourth-order valence-corrected chi connectivity index (χ4v) is 1.98. The molecule has 21 heavy (non-hydrogen) atoms. The second-order valence-electron chi connectivity index (χ2n) is 5.42. The second-order valence-corrected chi connectivity index (χ2v) is 5.42. The van der Waals surface area contributed by atoms with Crippen molar-refractivity contribution >= 4 is 23.5 Å². The Hall–Kier alpha value is -2.44. The van der Waals surface area contributed by atoms with Gasteiger partial charge in [0.2, 0.25) is 5.91 Å². The first kappa shape index (κ1) is 15.0. The maximum atomic E-state index is 14.0. The average Bonchev–Trinajstić information content (AvgIpc) is 2.36. The Kier molecular flexibility index (Phi) is 3.67. The van der Waals surface area contributed by atoms with Gasteiger partial charge in [-0.25, -0.2) is 9.18 Å². The molecule has 0 radical (unpaired) electrons. The van der Waals surface area contributed by atoms with Crippen molar-refractivity contribution < 1.29 is 23.9 Å². The van der Waals surface area contributed by atoms with Crippen molar-refractivity contribution in [2.45, 2.75) is 32.2 Å². The highest BCUT2D eigenvalue weighted by molar-refractivity contribution is 6.00. The van der Waals surface area contributed by atoms with Gasteiger partial charge in [0.05, 0.1) is 5.56 Å². The van der Waals surface area contributed by atoms with Crippen LogP contribution in [0, 0.1) is 5.82 Å². The van der Waals surface area contributed by atoms with E-state index < -0.39 is 23.2 Å². The molecule has 1 aromatic carbocycles. The lowest BCUT2D eigenvalue weighted by atomic mass is 9.98. The van der Waals surface area contributed by atoms with Crippen molar-refractivity contribution in [3.63, 3.8) is 0 Å². The van der Waals surface area contributed by atoms with Crippen LogP contribution in [0.15, 0.2) is 12.1 Å². The Labute approximate surface area is 120 Å². The number of benzene rings is 1. The highest BCUT2D eigenvalue weighted by atomic mass is 19.1. The number of carboxylic acids is 1. The van der Waals surface area contributed by atoms with Crippen molar-refractivity contribution in [2.75, 3.05) is 5.32 Å². The number of carbonyl (C=O) groups is 3. The van der Waals surface area contributed by atoms with Gasteiger partial charge in [0, 0.05) is 12.1 Å². The van der Waals surface area contributed by atoms with E-state index in [9.17, 15) is 18.8 Å². The molecule has 7 heteroatoms. The molecule has 3 N–H and O–H groups in total. The summed E-state index contributed by atoms with van der Waals surface area (Å²) in [6.07, 6.45) is 0.671. The van der Waals surface area contributed by atoms with E-state index in [2.05, 4.69) is 10.6 Å². The zero-order valence-electron chi connectivity index (χ0n) is 11.6. The van der Waals surface area contributed by atoms with Gasteiger partial charge in [-0.2, -0.15) is 0 Å². The van der Waals surface area contributed by atoms with Crippen molar-refractivity contribution in [1.82, 2.24) is 5.32 Å². The summed E-state index contributed by atoms with van der Waals surface area (Å²) in [5, 5.41) is 13.8. The fraction of sp³-hybridized carbons (Fsp3) is 0.357. The third-order valence-electron chi connectivity index (χ3n) is 3.29. The molecule has 0 aliphatic carbocycles. The number of aryl methyl sites for hydroxylation is 1. The van der Waals surface area contributed by atoms with E-state index in [1.165, 1.54) is 19.9 Å². The Bertz CT molecular complexity index is 640. The number of aliphatic carboxylic acids is 1. The maximum Gasteiger partial charge on any atom is 0.328 e. The molecule has 0 saturated carbocycles. The Morgan fingerprint density at radius 1 is 1.33 bits per heavy atom. The second kappa shape index (κ2) is 5.16. The van der Waals surface area contributed by atoms with Crippen LogP contribution in [-0.4, -0.2) is 28.4 Å². The van der Waals surface area contributed by atoms with E-state index in [4.69, 9.17) is 5.11 Å². The number of amides is 2. The van der Waals surface area contributed by atoms with E-state index in [0.29, 0.717) is 17.7 Å². The Morgan fingerprint density at radius 2 is 2.00 bits per heavy atom. The first-order chi connectivity index (χ1) is 9.70. The molecule has 0 atom stereocenters. The minimum absolute atomic E-state index is 0.203. The molecule has 1 aliphatic rings. The van der Waals surface area contributed by atoms with Gasteiger partial charge < -0.3 is 15.7 Å². The molecule has 0 fully saturated rings. The van der Waals surface area contributed by atoms with Gasteiger partial charge >= 0.3 is 5.97 Å². The molecular formula is C14H15FN2O4. The number of fused-ring (bicyclic) bond motifs is 1. The highest BCUT2D eigenvalue weighted by Gasteiger charge is 2.30. The smallest absolute Gasteiger partial charge is 0.328 e. The molecule has 2 amide bonds. The van der Waals surface area contributed by atoms with Crippen LogP contribution in [0.1, 0.15) is 36.2 Å². The lowest BCUT2D eigenvalue weighted by Gasteiger charge is -2.22. The molecule has 6 nitrogen and oxygen atoms in total. The number of halogens is 1. The van der Waals surface area contributed by atoms with Gasteiger partial charge in [-0.1, -0.05) is 0 Å². The minimum atomic E-state index is -1.51. The number of nitrogens with one attached hydrogen (secondary N) is 2. The van der Waals surface area contributed by atoms with Crippen LogP contribution in [0.4, 0.5) is 10.1 Å². The predicted octanol–water partition coefficient (Wildman–Crippen LogP) is 1.30. The van der Waals surface area contributed by atoms with E-state index in [1.807, 2.05) is 0 Å². The molecule has 0 saturated heterocycles. The molecule has 1 heterocycles. The lowest BCUT2D eigenvalue weighted by molar-refractivity contribution is -0.143. The third-order valence-corrected chi connectivity index (χ3v) is 3.29. The minimum Gasteiger partial charge on any atom is -0.480 e. The molecule has 0 bridgehead atoms. The van der Waals surface area contributed by atoms with Gasteiger partial charge in [-0.3, -0.25) is 9.59 Å². The quantitative estimate of drug-likeness (QED) is 0.783. The molecule has 0 spiro atoms. The van der Waals surface area contributed by atoms with Crippen LogP contribution in [0.2, 0.25) is 0 Å². The van der Waals surface area contributed by atoms with E-state index >= 15 is 0 Å². The van der Waals surface area contributed by atoms with Gasteiger partial charge in [0.25, 0.3) is 5.91 Å². The molecule has 0 aromatic heterocycles. The number of rotatable bonds is 3. The summed E-state index contributed by atoms with van der Waals surface area (Å²) in [5.74, 6) is -3.04. The SMILES string of the molecule is CC(C)(NC(=O)c1cc2c(cc1F)NC(=O)CC2)C(=O)O. The van der Waals surface area contributed by atoms with Gasteiger partial charge in [0.15, 0.2) is 0 Å². The summed E-state index contributed by atoms with van der Waals surface area (Å²) in [5.41, 5.74) is -0.750. The number of carboxylic acid groups (broad SMARTS) is 1. The van der Waals surface area contributed by atoms with Gasteiger partial charge in [-0.05, 0) is 38.0 Å². The first-order valence-electron chi connectivity index (χ1n) is 6.39. The van der Waals surface area contributed by atoms with Crippen LogP contribution in [0.5, 0.6) is 0 Å². The van der Waals surface area contributed by atoms with Crippen LogP contribution >= 0.6 is 0 Å². The van der Waals surface area contributed by atoms with E-state index in [0.717, 1.165) is 6.07 Å². The molecule has 1 aromatic rings. The van der Waals surface area contributed by atoms with Crippen molar-refractivity contribution in [1.29, 1.82) is 0 Å². The zero-order chi connectivity index (χ0) is 15.8. The molecule has 2 rings (SSSR count). The normalized spacial score (nSPS) is 14.1. The van der Waals surface area contributed by atoms with Crippen LogP contribution in [-0.2, 0) is 16.0 Å².